The van der Waals surface area contributed by atoms with Crippen LogP contribution in [0, 0.1) is 13.8 Å². The molecule has 1 aromatic heterocycles. The number of hydrogen-bond donors (Lipinski definition) is 1. The lowest BCUT2D eigenvalue weighted by Crippen LogP contribution is -2.41. The lowest BCUT2D eigenvalue weighted by molar-refractivity contribution is -0.119. The molecule has 5 nitrogen and oxygen atoms in total. The molecule has 2 atom stereocenters. The van der Waals surface area contributed by atoms with E-state index in [0.29, 0.717) is 0 Å². The predicted octanol–water partition coefficient (Wildman–Crippen LogP) is 2.66. The zero-order valence-corrected chi connectivity index (χ0v) is 13.2. The number of benzene rings is 1. The molecular formula is C17H21N3O2. The van der Waals surface area contributed by atoms with Crippen molar-refractivity contribution in [1.29, 1.82) is 0 Å². The number of fused-ring (bicyclic) bond motifs is 1. The summed E-state index contributed by atoms with van der Waals surface area (Å²) in [6, 6.07) is 8.23. The fourth-order valence-electron chi connectivity index (χ4n) is 3.28. The van der Waals surface area contributed by atoms with Crippen molar-refractivity contribution in [2.75, 3.05) is 4.90 Å². The second-order valence-electron chi connectivity index (χ2n) is 6.03. The van der Waals surface area contributed by atoms with E-state index in [1.807, 2.05) is 32.0 Å². The summed E-state index contributed by atoms with van der Waals surface area (Å²) in [6.45, 7) is 6.75. The number of hydrogen-bond acceptors (Lipinski definition) is 4. The minimum atomic E-state index is -0.253. The molecule has 22 heavy (non-hydrogen) atoms. The van der Waals surface area contributed by atoms with Crippen LogP contribution in [0.25, 0.3) is 0 Å². The number of rotatable bonds is 3. The van der Waals surface area contributed by atoms with Gasteiger partial charge < -0.3 is 15.2 Å². The van der Waals surface area contributed by atoms with Crippen LogP contribution in [0.1, 0.15) is 41.8 Å². The summed E-state index contributed by atoms with van der Waals surface area (Å²) in [5, 5.41) is 4.03. The molecule has 0 fully saturated rings. The molecule has 0 saturated carbocycles. The summed E-state index contributed by atoms with van der Waals surface area (Å²) in [6.07, 6.45) is 0.732. The van der Waals surface area contributed by atoms with Gasteiger partial charge in [0.2, 0.25) is 5.91 Å². The van der Waals surface area contributed by atoms with Gasteiger partial charge in [-0.1, -0.05) is 23.4 Å². The van der Waals surface area contributed by atoms with Gasteiger partial charge in [-0.15, -0.1) is 0 Å². The van der Waals surface area contributed by atoms with Crippen LogP contribution < -0.4 is 10.6 Å². The maximum Gasteiger partial charge on any atom is 0.225 e. The van der Waals surface area contributed by atoms with E-state index >= 15 is 0 Å². The van der Waals surface area contributed by atoms with Crippen LogP contribution in [0.4, 0.5) is 5.69 Å². The van der Waals surface area contributed by atoms with Gasteiger partial charge in [0.1, 0.15) is 5.76 Å². The summed E-state index contributed by atoms with van der Waals surface area (Å²) in [4.78, 5) is 14.1. The number of aryl methyl sites for hydroxylation is 2. The Balaban J connectivity index is 2.01. The third-order valence-electron chi connectivity index (χ3n) is 4.58. The van der Waals surface area contributed by atoms with Crippen LogP contribution in [-0.4, -0.2) is 17.1 Å². The Morgan fingerprint density at radius 3 is 2.77 bits per heavy atom. The fraction of sp³-hybridized carbons (Fsp3) is 0.412. The summed E-state index contributed by atoms with van der Waals surface area (Å²) < 4.78 is 5.27. The number of para-hydroxylation sites is 1. The minimum absolute atomic E-state index is 0.216. The van der Waals surface area contributed by atoms with Gasteiger partial charge in [-0.2, -0.15) is 0 Å². The second-order valence-corrected chi connectivity index (χ2v) is 6.03. The van der Waals surface area contributed by atoms with Crippen molar-refractivity contribution >= 4 is 11.6 Å². The van der Waals surface area contributed by atoms with Crippen LogP contribution in [0.3, 0.4) is 0 Å². The molecule has 5 heteroatoms. The Bertz CT molecular complexity index is 688. The van der Waals surface area contributed by atoms with Crippen LogP contribution >= 0.6 is 0 Å². The Morgan fingerprint density at radius 2 is 2.14 bits per heavy atom. The van der Waals surface area contributed by atoms with Crippen molar-refractivity contribution in [3.05, 3.63) is 46.8 Å². The maximum atomic E-state index is 11.8. The molecule has 1 aliphatic rings. The van der Waals surface area contributed by atoms with Crippen molar-refractivity contribution < 1.29 is 9.32 Å². The van der Waals surface area contributed by atoms with Gasteiger partial charge >= 0.3 is 0 Å². The normalized spacial score (nSPS) is 20.8. The lowest BCUT2D eigenvalue weighted by atomic mass is 9.85. The molecule has 0 bridgehead atoms. The first-order valence-corrected chi connectivity index (χ1v) is 7.55. The number of carbonyl (C=O) groups excluding carboxylic acids is 1. The summed E-state index contributed by atoms with van der Waals surface area (Å²) >= 11 is 0. The van der Waals surface area contributed by atoms with E-state index in [0.717, 1.165) is 41.2 Å². The molecule has 1 aliphatic heterocycles. The van der Waals surface area contributed by atoms with E-state index in [1.54, 1.807) is 0 Å². The average molecular weight is 299 g/mol. The van der Waals surface area contributed by atoms with Crippen molar-refractivity contribution in [2.24, 2.45) is 5.73 Å². The van der Waals surface area contributed by atoms with E-state index in [-0.39, 0.29) is 17.9 Å². The lowest BCUT2D eigenvalue weighted by Gasteiger charge is -2.40. The zero-order valence-electron chi connectivity index (χ0n) is 13.2. The Hall–Kier alpha value is -2.30. The van der Waals surface area contributed by atoms with Crippen LogP contribution in [0.5, 0.6) is 0 Å². The van der Waals surface area contributed by atoms with Crippen LogP contribution in [-0.2, 0) is 11.3 Å². The molecule has 0 aliphatic carbocycles. The van der Waals surface area contributed by atoms with Gasteiger partial charge in [-0.25, -0.2) is 0 Å². The van der Waals surface area contributed by atoms with Crippen LogP contribution in [0.15, 0.2) is 28.8 Å². The predicted molar refractivity (Wildman–Crippen MR) is 84.6 cm³/mol. The zero-order chi connectivity index (χ0) is 15.9. The van der Waals surface area contributed by atoms with Gasteiger partial charge in [0, 0.05) is 23.8 Å². The van der Waals surface area contributed by atoms with E-state index in [4.69, 9.17) is 10.3 Å². The summed E-state index contributed by atoms with van der Waals surface area (Å²) in [5.74, 6) is 0.377. The van der Waals surface area contributed by atoms with Gasteiger partial charge in [0.25, 0.3) is 0 Å². The highest BCUT2D eigenvalue weighted by Crippen LogP contribution is 2.39. The molecule has 0 radical (unpaired) electrons. The second kappa shape index (κ2) is 5.48. The largest absolute Gasteiger partial charge is 0.369 e. The first-order chi connectivity index (χ1) is 10.5. The average Bonchev–Trinajstić information content (AvgIpc) is 2.81. The molecule has 2 heterocycles. The van der Waals surface area contributed by atoms with E-state index in [2.05, 4.69) is 23.0 Å². The standard InChI is InChI=1S/C17H21N3O2/c1-10-8-14(17(18)21)13-6-4-5-7-16(13)20(10)9-15-11(2)19-22-12(15)3/h4-7,10,14H,8-9H2,1-3H3,(H2,18,21)/t10-,14+/m1/s1. The fourth-order valence-corrected chi connectivity index (χ4v) is 3.28. The highest BCUT2D eigenvalue weighted by Gasteiger charge is 2.33. The first kappa shape index (κ1) is 14.6. The highest BCUT2D eigenvalue weighted by atomic mass is 16.5. The molecule has 1 aromatic carbocycles. The number of primary amides is 1. The van der Waals surface area contributed by atoms with Crippen molar-refractivity contribution in [3.8, 4) is 0 Å². The SMILES string of the molecule is Cc1noc(C)c1CN1c2ccccc2[C@@H](C(N)=O)C[C@H]1C. The van der Waals surface area contributed by atoms with E-state index in [9.17, 15) is 4.79 Å². The van der Waals surface area contributed by atoms with Gasteiger partial charge in [-0.3, -0.25) is 4.79 Å². The van der Waals surface area contributed by atoms with Crippen molar-refractivity contribution in [3.63, 3.8) is 0 Å². The Labute approximate surface area is 130 Å². The third-order valence-corrected chi connectivity index (χ3v) is 4.58. The number of nitrogens with zero attached hydrogens (tertiary/aromatic N) is 2. The topological polar surface area (TPSA) is 72.4 Å². The number of aromatic nitrogens is 1. The number of anilines is 1. The summed E-state index contributed by atoms with van der Waals surface area (Å²) in [5.41, 5.74) is 9.71. The Morgan fingerprint density at radius 1 is 1.41 bits per heavy atom. The molecule has 3 rings (SSSR count). The van der Waals surface area contributed by atoms with Crippen molar-refractivity contribution in [2.45, 2.75) is 45.7 Å². The highest BCUT2D eigenvalue weighted by molar-refractivity contribution is 5.85. The van der Waals surface area contributed by atoms with Gasteiger partial charge in [0.15, 0.2) is 0 Å². The number of carbonyl (C=O) groups is 1. The summed E-state index contributed by atoms with van der Waals surface area (Å²) in [7, 11) is 0. The molecule has 1 amide bonds. The first-order valence-electron chi connectivity index (χ1n) is 7.55. The molecule has 0 saturated heterocycles. The molecule has 2 N–H and O–H groups in total. The smallest absolute Gasteiger partial charge is 0.225 e. The number of nitrogens with two attached hydrogens (primary N) is 1. The molecule has 116 valence electrons. The Kier molecular flexibility index (Phi) is 3.64. The molecule has 2 aromatic rings. The van der Waals surface area contributed by atoms with E-state index in [1.165, 1.54) is 0 Å². The van der Waals surface area contributed by atoms with Crippen LogP contribution in [0.2, 0.25) is 0 Å². The molecule has 0 spiro atoms. The maximum absolute atomic E-state index is 11.8. The quantitative estimate of drug-likeness (QED) is 0.945. The monoisotopic (exact) mass is 299 g/mol. The minimum Gasteiger partial charge on any atom is -0.369 e. The third kappa shape index (κ3) is 2.36. The van der Waals surface area contributed by atoms with E-state index < -0.39 is 0 Å². The molecular weight excluding hydrogens is 278 g/mol. The number of amides is 1. The van der Waals surface area contributed by atoms with Gasteiger partial charge in [-0.05, 0) is 38.8 Å². The molecule has 0 unspecified atom stereocenters. The van der Waals surface area contributed by atoms with Gasteiger partial charge in [0.05, 0.1) is 11.6 Å². The van der Waals surface area contributed by atoms with Crippen molar-refractivity contribution in [1.82, 2.24) is 5.16 Å².